The van der Waals surface area contributed by atoms with E-state index in [0.717, 1.165) is 19.4 Å². The Morgan fingerprint density at radius 3 is 2.92 bits per heavy atom. The van der Waals surface area contributed by atoms with Crippen LogP contribution in [-0.4, -0.2) is 55.7 Å². The van der Waals surface area contributed by atoms with Crippen LogP contribution in [0.15, 0.2) is 48.7 Å². The molecule has 4 rings (SSSR count). The fourth-order valence-electron chi connectivity index (χ4n) is 4.41. The number of aromatic nitrogens is 1. The number of rotatable bonds is 9. The van der Waals surface area contributed by atoms with E-state index in [1.165, 1.54) is 37.6 Å². The fourth-order valence-corrected chi connectivity index (χ4v) is 4.59. The summed E-state index contributed by atoms with van der Waals surface area (Å²) in [5.74, 6) is -0.444. The molecule has 0 aliphatic carbocycles. The monoisotopic (exact) mass is 523 g/mol. The highest BCUT2D eigenvalue weighted by Crippen LogP contribution is 2.36. The molecule has 1 aromatic heterocycles. The van der Waals surface area contributed by atoms with Crippen LogP contribution in [0.25, 0.3) is 10.9 Å². The first-order chi connectivity index (χ1) is 17.9. The van der Waals surface area contributed by atoms with E-state index in [9.17, 15) is 14.4 Å². The van der Waals surface area contributed by atoms with Crippen molar-refractivity contribution in [1.29, 1.82) is 5.26 Å². The summed E-state index contributed by atoms with van der Waals surface area (Å²) in [6.07, 6.45) is 6.96. The van der Waals surface area contributed by atoms with Crippen molar-refractivity contribution in [3.63, 3.8) is 0 Å². The largest absolute Gasteiger partial charge is 0.494 e. The van der Waals surface area contributed by atoms with Crippen LogP contribution in [0.3, 0.4) is 0 Å². The van der Waals surface area contributed by atoms with Gasteiger partial charge in [0.05, 0.1) is 41.2 Å². The lowest BCUT2D eigenvalue weighted by molar-refractivity contribution is -0.111. The number of hydrogen-bond donors (Lipinski definition) is 2. The number of nitrogens with one attached hydrogen (secondary N) is 2. The van der Waals surface area contributed by atoms with Crippen LogP contribution < -0.4 is 15.4 Å². The maximum Gasteiger partial charge on any atom is 0.248 e. The number of nitriles is 1. The Kier molecular flexibility index (Phi) is 8.56. The highest BCUT2D eigenvalue weighted by atomic mass is 35.5. The number of anilines is 3. The zero-order chi connectivity index (χ0) is 26.4. The van der Waals surface area contributed by atoms with E-state index >= 15 is 0 Å². The van der Waals surface area contributed by atoms with Crippen LogP contribution >= 0.6 is 11.6 Å². The Morgan fingerprint density at radius 1 is 1.35 bits per heavy atom. The van der Waals surface area contributed by atoms with E-state index in [-0.39, 0.29) is 16.5 Å². The number of nitrogens with zero attached hydrogens (tertiary/aromatic N) is 3. The molecule has 0 bridgehead atoms. The zero-order valence-corrected chi connectivity index (χ0v) is 21.3. The van der Waals surface area contributed by atoms with E-state index in [2.05, 4.69) is 26.6 Å². The minimum Gasteiger partial charge on any atom is -0.494 e. The van der Waals surface area contributed by atoms with Gasteiger partial charge in [-0.25, -0.2) is 4.39 Å². The van der Waals surface area contributed by atoms with Gasteiger partial charge in [0.2, 0.25) is 5.91 Å². The van der Waals surface area contributed by atoms with E-state index < -0.39 is 5.82 Å². The second-order valence-corrected chi connectivity index (χ2v) is 9.03. The Labute approximate surface area is 219 Å². The number of amides is 1. The number of methoxy groups -OCH3 is 2. The number of likely N-dealkylation sites (tertiary alicyclic amines) is 1. The fraction of sp³-hybridized carbons (Fsp3) is 0.296. The summed E-state index contributed by atoms with van der Waals surface area (Å²) >= 11 is 5.93. The van der Waals surface area contributed by atoms with E-state index in [1.807, 2.05) is 6.08 Å². The van der Waals surface area contributed by atoms with E-state index in [0.29, 0.717) is 52.9 Å². The predicted molar refractivity (Wildman–Crippen MR) is 142 cm³/mol. The van der Waals surface area contributed by atoms with Gasteiger partial charge in [0.15, 0.2) is 0 Å². The molecule has 2 aromatic carbocycles. The highest BCUT2D eigenvalue weighted by Gasteiger charge is 2.23. The molecule has 0 radical (unpaired) electrons. The van der Waals surface area contributed by atoms with Gasteiger partial charge in [0.25, 0.3) is 0 Å². The first kappa shape index (κ1) is 26.4. The lowest BCUT2D eigenvalue weighted by Gasteiger charge is -2.21. The zero-order valence-electron chi connectivity index (χ0n) is 20.6. The molecule has 10 heteroatoms. The van der Waals surface area contributed by atoms with Crippen LogP contribution in [0.5, 0.6) is 5.75 Å². The standard InChI is InChI=1S/C27H27ClFN5O3/c1-36-16-19-5-3-9-34(19)10-4-6-26(35)33-24-12-20-23(13-25(24)37-2)31-15-17(14-30)27(20)32-18-7-8-22(29)21(28)11-18/h4,6-8,11-13,15,19H,3,5,9-10,16H2,1-2H3,(H,31,32)(H,33,35)/t19-/m0/s1. The quantitative estimate of drug-likeness (QED) is 0.369. The second kappa shape index (κ2) is 12.0. The molecular formula is C27H27ClFN5O3. The molecule has 1 atom stereocenters. The number of benzene rings is 2. The first-order valence-corrected chi connectivity index (χ1v) is 12.1. The number of halogens is 2. The first-order valence-electron chi connectivity index (χ1n) is 11.8. The summed E-state index contributed by atoms with van der Waals surface area (Å²) in [7, 11) is 3.20. The van der Waals surface area contributed by atoms with E-state index in [4.69, 9.17) is 21.1 Å². The van der Waals surface area contributed by atoms with Gasteiger partial charge in [-0.1, -0.05) is 17.7 Å². The third-order valence-corrected chi connectivity index (χ3v) is 6.51. The lowest BCUT2D eigenvalue weighted by Crippen LogP contribution is -2.33. The number of hydrogen-bond acceptors (Lipinski definition) is 7. The summed E-state index contributed by atoms with van der Waals surface area (Å²) < 4.78 is 24.4. The molecule has 3 aromatic rings. The molecule has 8 nitrogen and oxygen atoms in total. The van der Waals surface area contributed by atoms with Crippen molar-refractivity contribution < 1.29 is 18.7 Å². The van der Waals surface area contributed by atoms with Crippen LogP contribution in [0, 0.1) is 17.1 Å². The van der Waals surface area contributed by atoms with Crippen molar-refractivity contribution in [3.8, 4) is 11.8 Å². The Bertz CT molecular complexity index is 1370. The Balaban J connectivity index is 1.60. The number of fused-ring (bicyclic) bond motifs is 1. The summed E-state index contributed by atoms with van der Waals surface area (Å²) in [6, 6.07) is 10.0. The van der Waals surface area contributed by atoms with Gasteiger partial charge in [-0.05, 0) is 43.7 Å². The molecule has 2 N–H and O–H groups in total. The number of pyridine rings is 1. The predicted octanol–water partition coefficient (Wildman–Crippen LogP) is 5.26. The third kappa shape index (κ3) is 6.17. The molecule has 1 aliphatic rings. The summed E-state index contributed by atoms with van der Waals surface area (Å²) in [5, 5.41) is 16.2. The van der Waals surface area contributed by atoms with Crippen molar-refractivity contribution in [2.24, 2.45) is 0 Å². The molecule has 2 heterocycles. The lowest BCUT2D eigenvalue weighted by atomic mass is 10.1. The van der Waals surface area contributed by atoms with E-state index in [1.54, 1.807) is 19.2 Å². The molecule has 0 unspecified atom stereocenters. The number of carbonyl (C=O) groups excluding carboxylic acids is 1. The molecule has 1 aliphatic heterocycles. The minimum absolute atomic E-state index is 0.0502. The molecule has 1 saturated heterocycles. The third-order valence-electron chi connectivity index (χ3n) is 6.22. The molecule has 37 heavy (non-hydrogen) atoms. The maximum absolute atomic E-state index is 13.6. The van der Waals surface area contributed by atoms with Crippen LogP contribution in [0.1, 0.15) is 18.4 Å². The van der Waals surface area contributed by atoms with Gasteiger partial charge in [0.1, 0.15) is 17.6 Å². The van der Waals surface area contributed by atoms with Crippen LogP contribution in [0.4, 0.5) is 21.5 Å². The van der Waals surface area contributed by atoms with Crippen LogP contribution in [-0.2, 0) is 9.53 Å². The average molecular weight is 524 g/mol. The normalized spacial score (nSPS) is 15.7. The van der Waals surface area contributed by atoms with Gasteiger partial charge in [-0.2, -0.15) is 5.26 Å². The Hall–Kier alpha value is -3.71. The second-order valence-electron chi connectivity index (χ2n) is 8.62. The Morgan fingerprint density at radius 2 is 2.19 bits per heavy atom. The average Bonchev–Trinajstić information content (AvgIpc) is 3.33. The minimum atomic E-state index is -0.547. The molecular weight excluding hydrogens is 497 g/mol. The van der Waals surface area contributed by atoms with Gasteiger partial charge >= 0.3 is 0 Å². The topological polar surface area (TPSA) is 99.5 Å². The van der Waals surface area contributed by atoms with Crippen LogP contribution in [0.2, 0.25) is 5.02 Å². The summed E-state index contributed by atoms with van der Waals surface area (Å²) in [4.78, 5) is 19.4. The molecule has 0 spiro atoms. The van der Waals surface area contributed by atoms with Crippen molar-refractivity contribution in [3.05, 3.63) is 65.1 Å². The van der Waals surface area contributed by atoms with Crippen molar-refractivity contribution in [2.75, 3.05) is 44.5 Å². The summed E-state index contributed by atoms with van der Waals surface area (Å²) in [5.41, 5.74) is 2.17. The smallest absolute Gasteiger partial charge is 0.248 e. The van der Waals surface area contributed by atoms with Gasteiger partial charge in [0, 0.05) is 49.1 Å². The molecule has 192 valence electrons. The molecule has 1 amide bonds. The van der Waals surface area contributed by atoms with Crippen molar-refractivity contribution in [1.82, 2.24) is 9.88 Å². The summed E-state index contributed by atoms with van der Waals surface area (Å²) in [6.45, 7) is 2.30. The van der Waals surface area contributed by atoms with Gasteiger partial charge < -0.3 is 20.1 Å². The van der Waals surface area contributed by atoms with Crippen molar-refractivity contribution >= 4 is 45.5 Å². The molecule has 0 saturated carbocycles. The molecule has 1 fully saturated rings. The van der Waals surface area contributed by atoms with Gasteiger partial charge in [-0.15, -0.1) is 0 Å². The number of ether oxygens (including phenoxy) is 2. The van der Waals surface area contributed by atoms with Crippen molar-refractivity contribution in [2.45, 2.75) is 18.9 Å². The number of carbonyl (C=O) groups is 1. The maximum atomic E-state index is 13.6. The SMILES string of the molecule is COC[C@@H]1CCCN1CC=CC(=O)Nc1cc2c(Nc3ccc(F)c(Cl)c3)c(C#N)cnc2cc1OC. The highest BCUT2D eigenvalue weighted by molar-refractivity contribution is 6.31. The van der Waals surface area contributed by atoms with Gasteiger partial charge in [-0.3, -0.25) is 14.7 Å².